The lowest BCUT2D eigenvalue weighted by atomic mass is 9.92. The number of esters is 1. The highest BCUT2D eigenvalue weighted by molar-refractivity contribution is 6.07. The fourth-order valence-corrected chi connectivity index (χ4v) is 3.00. The maximum absolute atomic E-state index is 12.7. The molecule has 202 valence electrons. The molecule has 1 aromatic rings. The van der Waals surface area contributed by atoms with Gasteiger partial charge in [0.1, 0.15) is 31.5 Å². The number of aliphatic carboxylic acids is 1. The van der Waals surface area contributed by atoms with Gasteiger partial charge >= 0.3 is 11.9 Å². The van der Waals surface area contributed by atoms with E-state index >= 15 is 0 Å². The number of carboxylic acid groups (broad SMARTS) is 1. The maximum atomic E-state index is 12.7. The van der Waals surface area contributed by atoms with Crippen LogP contribution in [0.4, 0.5) is 0 Å². The van der Waals surface area contributed by atoms with E-state index in [4.69, 9.17) is 20.7 Å². The second kappa shape index (κ2) is 15.1. The molecule has 1 rings (SSSR count). The monoisotopic (exact) mass is 515 g/mol. The van der Waals surface area contributed by atoms with Gasteiger partial charge in [-0.3, -0.25) is 14.4 Å². The molecule has 0 aliphatic carbocycles. The minimum absolute atomic E-state index is 0.0855. The first-order chi connectivity index (χ1) is 16.9. The Labute approximate surface area is 206 Å². The number of aliphatic hydroxyl groups is 5. The molecule has 0 fully saturated rings. The highest BCUT2D eigenvalue weighted by Gasteiger charge is 2.43. The Bertz CT molecular complexity index is 870. The third-order valence-electron chi connectivity index (χ3n) is 5.20. The molecular formula is C22H33N3O11. The summed E-state index contributed by atoms with van der Waals surface area (Å²) in [6.07, 6.45) is -7.95. The van der Waals surface area contributed by atoms with Crippen LogP contribution in [0.25, 0.3) is 0 Å². The van der Waals surface area contributed by atoms with Crippen LogP contribution in [0.3, 0.4) is 0 Å². The molecule has 0 bridgehead atoms. The van der Waals surface area contributed by atoms with Crippen LogP contribution in [0, 0.1) is 0 Å². The molecule has 14 heteroatoms. The summed E-state index contributed by atoms with van der Waals surface area (Å²) < 4.78 is 5.16. The number of unbranched alkanes of at least 4 members (excludes halogenated alkanes) is 1. The van der Waals surface area contributed by atoms with E-state index in [0.29, 0.717) is 5.56 Å². The van der Waals surface area contributed by atoms with Crippen molar-refractivity contribution in [1.29, 1.82) is 0 Å². The third kappa shape index (κ3) is 9.49. The number of carboxylic acids is 1. The second-order valence-electron chi connectivity index (χ2n) is 8.03. The van der Waals surface area contributed by atoms with Crippen LogP contribution in [0.15, 0.2) is 30.3 Å². The van der Waals surface area contributed by atoms with E-state index in [9.17, 15) is 39.6 Å². The zero-order valence-electron chi connectivity index (χ0n) is 19.4. The number of ether oxygens (including phenoxy) is 1. The van der Waals surface area contributed by atoms with Crippen molar-refractivity contribution < 1.29 is 54.6 Å². The Morgan fingerprint density at radius 2 is 1.61 bits per heavy atom. The van der Waals surface area contributed by atoms with Crippen LogP contribution in [-0.4, -0.2) is 104 Å². The van der Waals surface area contributed by atoms with Crippen LogP contribution in [-0.2, 0) is 30.5 Å². The van der Waals surface area contributed by atoms with E-state index in [1.165, 1.54) is 0 Å². The number of hydrogen-bond acceptors (Lipinski definition) is 11. The molecule has 36 heavy (non-hydrogen) atoms. The van der Waals surface area contributed by atoms with Crippen LogP contribution in [0.5, 0.6) is 0 Å². The van der Waals surface area contributed by atoms with Gasteiger partial charge in [0.25, 0.3) is 11.8 Å². The Kier molecular flexibility index (Phi) is 12.9. The summed E-state index contributed by atoms with van der Waals surface area (Å²) in [7, 11) is 0. The predicted octanol–water partition coefficient (Wildman–Crippen LogP) is -3.65. The Morgan fingerprint density at radius 3 is 2.19 bits per heavy atom. The zero-order chi connectivity index (χ0) is 27.3. The van der Waals surface area contributed by atoms with Gasteiger partial charge in [0.2, 0.25) is 0 Å². The molecular weight excluding hydrogens is 482 g/mol. The lowest BCUT2D eigenvalue weighted by molar-refractivity contribution is -0.157. The normalized spacial score (nSPS) is 16.1. The molecule has 0 aliphatic heterocycles. The number of nitrogens with two attached hydrogens (primary N) is 1. The molecule has 0 aliphatic rings. The van der Waals surface area contributed by atoms with Gasteiger partial charge in [-0.05, 0) is 24.8 Å². The smallest absolute Gasteiger partial charge is 0.336 e. The van der Waals surface area contributed by atoms with Gasteiger partial charge in [-0.1, -0.05) is 30.3 Å². The summed E-state index contributed by atoms with van der Waals surface area (Å²) in [5, 5.41) is 60.3. The van der Waals surface area contributed by atoms with E-state index in [0.717, 1.165) is 0 Å². The van der Waals surface area contributed by atoms with Gasteiger partial charge in [-0.15, -0.1) is 0 Å². The van der Waals surface area contributed by atoms with Crippen molar-refractivity contribution in [1.82, 2.24) is 10.6 Å². The Hall–Kier alpha value is -3.14. The molecule has 0 aromatic heterocycles. The molecule has 5 atom stereocenters. The summed E-state index contributed by atoms with van der Waals surface area (Å²) in [4.78, 5) is 47.9. The first-order valence-corrected chi connectivity index (χ1v) is 11.0. The molecule has 10 N–H and O–H groups in total. The fraction of sp³-hybridized carbons (Fsp3) is 0.545. The Balaban J connectivity index is 2.66. The summed E-state index contributed by atoms with van der Waals surface area (Å²) in [5.74, 6) is -4.55. The van der Waals surface area contributed by atoms with Crippen molar-refractivity contribution in [2.24, 2.45) is 5.73 Å². The van der Waals surface area contributed by atoms with Crippen molar-refractivity contribution in [3.63, 3.8) is 0 Å². The van der Waals surface area contributed by atoms with Crippen molar-refractivity contribution in [2.45, 2.75) is 55.8 Å². The first-order valence-electron chi connectivity index (χ1n) is 11.0. The average molecular weight is 516 g/mol. The molecule has 0 unspecified atom stereocenters. The number of carbonyl (C=O) groups excluding carboxylic acids is 3. The number of benzene rings is 1. The van der Waals surface area contributed by atoms with E-state index in [1.54, 1.807) is 30.3 Å². The summed E-state index contributed by atoms with van der Waals surface area (Å²) >= 11 is 0. The maximum Gasteiger partial charge on any atom is 0.336 e. The molecule has 0 radical (unpaired) electrons. The van der Waals surface area contributed by atoms with Crippen molar-refractivity contribution in [3.05, 3.63) is 35.9 Å². The van der Waals surface area contributed by atoms with Gasteiger partial charge in [0, 0.05) is 6.54 Å². The Morgan fingerprint density at radius 1 is 0.972 bits per heavy atom. The number of amides is 2. The number of nitrogens with one attached hydrogen (secondary N) is 2. The quantitative estimate of drug-likeness (QED) is 0.0587. The summed E-state index contributed by atoms with van der Waals surface area (Å²) in [6.45, 7) is -1.93. The number of rotatable bonds is 16. The third-order valence-corrected chi connectivity index (χ3v) is 5.20. The number of aliphatic hydroxyl groups excluding tert-OH is 5. The first kappa shape index (κ1) is 30.9. The van der Waals surface area contributed by atoms with Crippen molar-refractivity contribution in [3.8, 4) is 0 Å². The molecule has 1 aromatic carbocycles. The van der Waals surface area contributed by atoms with Gasteiger partial charge in [-0.2, -0.15) is 0 Å². The van der Waals surface area contributed by atoms with Gasteiger partial charge in [0.15, 0.2) is 11.6 Å². The highest BCUT2D eigenvalue weighted by atomic mass is 16.5. The van der Waals surface area contributed by atoms with E-state index in [-0.39, 0.29) is 32.4 Å². The van der Waals surface area contributed by atoms with Crippen LogP contribution in [0.1, 0.15) is 24.8 Å². The van der Waals surface area contributed by atoms with Crippen molar-refractivity contribution in [2.75, 3.05) is 19.7 Å². The van der Waals surface area contributed by atoms with Gasteiger partial charge < -0.3 is 51.7 Å². The molecule has 0 saturated heterocycles. The van der Waals surface area contributed by atoms with Crippen LogP contribution in [0.2, 0.25) is 0 Å². The highest BCUT2D eigenvalue weighted by Crippen LogP contribution is 2.16. The molecule has 0 spiro atoms. The van der Waals surface area contributed by atoms with Gasteiger partial charge in [0.05, 0.1) is 6.61 Å². The van der Waals surface area contributed by atoms with E-state index < -0.39 is 66.9 Å². The largest absolute Gasteiger partial charge is 0.480 e. The van der Waals surface area contributed by atoms with Crippen LogP contribution >= 0.6 is 0 Å². The minimum Gasteiger partial charge on any atom is -0.480 e. The number of carbonyl (C=O) groups is 4. The lowest BCUT2D eigenvalue weighted by Crippen LogP contribution is -2.60. The predicted molar refractivity (Wildman–Crippen MR) is 122 cm³/mol. The fourth-order valence-electron chi connectivity index (χ4n) is 3.00. The summed E-state index contributed by atoms with van der Waals surface area (Å²) in [5.41, 5.74) is 4.45. The topological polar surface area (TPSA) is 249 Å². The zero-order valence-corrected chi connectivity index (χ0v) is 19.4. The average Bonchev–Trinajstić information content (AvgIpc) is 2.88. The molecule has 0 saturated carbocycles. The summed E-state index contributed by atoms with van der Waals surface area (Å²) in [6, 6.07) is 8.58. The van der Waals surface area contributed by atoms with E-state index in [2.05, 4.69) is 10.6 Å². The minimum atomic E-state index is -2.21. The lowest BCUT2D eigenvalue weighted by Gasteiger charge is -2.26. The van der Waals surface area contributed by atoms with E-state index in [1.807, 2.05) is 0 Å². The molecule has 14 nitrogen and oxygen atoms in total. The molecule has 0 heterocycles. The number of hydrogen-bond donors (Lipinski definition) is 9. The van der Waals surface area contributed by atoms with Crippen molar-refractivity contribution >= 4 is 23.8 Å². The second-order valence-corrected chi connectivity index (χ2v) is 8.03. The SMILES string of the molecule is N[C@@](CCCCNC(=O)[C@H](O)[C@@H](O)[C@H](O)[C@H](O)CO)(C(=O)NCC(=O)O)C(=O)OCc1ccccc1. The molecule has 2 amide bonds. The van der Waals surface area contributed by atoms with Crippen LogP contribution < -0.4 is 16.4 Å². The van der Waals surface area contributed by atoms with Gasteiger partial charge in [-0.25, -0.2) is 4.79 Å². The standard InChI is InChI=1S/C22H33N3O11/c23-22(20(34)25-10-15(28)29,21(35)36-12-13-6-2-1-3-7-13)8-4-5-9-24-19(33)18(32)17(31)16(30)14(27)11-26/h1-3,6-7,14,16-18,26-27,30-32H,4-5,8-12,23H2,(H,24,33)(H,25,34)(H,28,29)/t14-,16-,17+,18-,22+/m1/s1.